The van der Waals surface area contributed by atoms with E-state index in [1.54, 1.807) is 0 Å². The van der Waals surface area contributed by atoms with Crippen LogP contribution in [-0.2, 0) is 27.5 Å². The van der Waals surface area contributed by atoms with Crippen molar-refractivity contribution < 1.29 is 15.2 Å². The zero-order chi connectivity index (χ0) is 28.6. The van der Waals surface area contributed by atoms with Gasteiger partial charge in [-0.15, -0.1) is 0 Å². The van der Waals surface area contributed by atoms with Crippen molar-refractivity contribution in [3.8, 4) is 0 Å². The third-order valence-electron chi connectivity index (χ3n) is 7.45. The topological polar surface area (TPSA) is 0 Å². The Hall–Kier alpha value is -3.07. The van der Waals surface area contributed by atoms with Crippen molar-refractivity contribution in [3.05, 3.63) is 181 Å². The average molecular weight is 631 g/mol. The van der Waals surface area contributed by atoms with Crippen LogP contribution >= 0.6 is 15.8 Å². The van der Waals surface area contributed by atoms with Gasteiger partial charge in [-0.2, -0.15) is 0 Å². The Balaban J connectivity index is 1.36. The molecule has 4 heteroatoms. The number of hydrogen-bond acceptors (Lipinski definition) is 0. The number of rotatable bonds is 10. The van der Waals surface area contributed by atoms with Crippen molar-refractivity contribution in [3.63, 3.8) is 0 Å². The Morgan fingerprint density at radius 1 is 0.357 bits per heavy atom. The summed E-state index contributed by atoms with van der Waals surface area (Å²) < 4.78 is 0. The summed E-state index contributed by atoms with van der Waals surface area (Å²) in [5.74, 6) is 0. The maximum atomic E-state index is 3.71. The molecule has 0 aliphatic heterocycles. The Morgan fingerprint density at radius 2 is 0.619 bits per heavy atom. The predicted octanol–water partition coefficient (Wildman–Crippen LogP) is 6.60. The summed E-state index contributed by atoms with van der Waals surface area (Å²) in [5, 5.41) is 8.69. The summed E-state index contributed by atoms with van der Waals surface area (Å²) in [4.78, 5) is 0. The molecule has 6 aromatic carbocycles. The quantitative estimate of drug-likeness (QED) is 0.118. The van der Waals surface area contributed by atoms with Gasteiger partial charge in [0.25, 0.3) is 0 Å². The molecule has 0 aliphatic carbocycles. The van der Waals surface area contributed by atoms with E-state index in [-0.39, 0.29) is 0 Å². The van der Waals surface area contributed by atoms with Crippen molar-refractivity contribution in [1.29, 1.82) is 0 Å². The van der Waals surface area contributed by atoms with E-state index in [9.17, 15) is 0 Å². The van der Waals surface area contributed by atoms with Gasteiger partial charge in [0.15, 0.2) is 0 Å². The zero-order valence-corrected chi connectivity index (χ0v) is 27.4. The molecule has 0 saturated heterocycles. The van der Waals surface area contributed by atoms with Crippen LogP contribution in [0.1, 0.15) is 11.1 Å². The second kappa shape index (κ2) is 14.4. The van der Waals surface area contributed by atoms with E-state index in [1.807, 2.05) is 0 Å². The Labute approximate surface area is 261 Å². The second-order valence-corrected chi connectivity index (χ2v) is 18.2. The van der Waals surface area contributed by atoms with E-state index in [4.69, 9.17) is 0 Å². The Morgan fingerprint density at radius 3 is 0.929 bits per heavy atom. The molecule has 0 amide bonds. The Kier molecular flexibility index (Phi) is 9.95. The van der Waals surface area contributed by atoms with Gasteiger partial charge < -0.3 is 0 Å². The molecule has 0 saturated carbocycles. The first-order chi connectivity index (χ1) is 20.8. The minimum absolute atomic E-state index is 0.514. The number of benzene rings is 6. The second-order valence-electron chi connectivity index (χ2n) is 10.2. The van der Waals surface area contributed by atoms with E-state index in [2.05, 4.69) is 185 Å². The molecule has 0 N–H and O–H groups in total. The van der Waals surface area contributed by atoms with Gasteiger partial charge in [-0.25, -0.2) is 0 Å². The molecule has 0 bridgehead atoms. The maximum absolute atomic E-state index is 3.71. The van der Waals surface area contributed by atoms with Crippen LogP contribution in [0.25, 0.3) is 0 Å². The van der Waals surface area contributed by atoms with Crippen molar-refractivity contribution in [2.45, 2.75) is 12.3 Å². The molecule has 0 nitrogen and oxygen atoms in total. The van der Waals surface area contributed by atoms with Crippen molar-refractivity contribution in [1.82, 2.24) is 0 Å². The van der Waals surface area contributed by atoms with Crippen LogP contribution in [0.5, 0.6) is 0 Å². The van der Waals surface area contributed by atoms with Gasteiger partial charge in [0.05, 0.1) is 0 Å². The molecular formula is C38H32CrP2Si. The van der Waals surface area contributed by atoms with Crippen LogP contribution in [0.3, 0.4) is 0 Å². The van der Waals surface area contributed by atoms with Crippen LogP contribution in [-0.4, -0.2) is 6.90 Å². The van der Waals surface area contributed by atoms with Gasteiger partial charge in [0.1, 0.15) is 0 Å². The zero-order valence-electron chi connectivity index (χ0n) is 23.4. The molecule has 0 aliphatic rings. The van der Waals surface area contributed by atoms with E-state index in [1.165, 1.54) is 42.7 Å². The summed E-state index contributed by atoms with van der Waals surface area (Å²) in [5.41, 5.74) is 2.93. The van der Waals surface area contributed by atoms with Crippen LogP contribution in [0.15, 0.2) is 170 Å². The van der Waals surface area contributed by atoms with Gasteiger partial charge in [-0.05, 0) is 0 Å². The normalized spacial score (nSPS) is 11.1. The molecule has 0 fully saturated rings. The molecule has 0 aromatic heterocycles. The summed E-state index contributed by atoms with van der Waals surface area (Å²) in [7, 11) is -1.03. The molecule has 6 aromatic rings. The van der Waals surface area contributed by atoms with Crippen LogP contribution in [0.4, 0.5) is 0 Å². The fraction of sp³-hybridized carbons (Fsp3) is 0.0526. The van der Waals surface area contributed by atoms with Crippen LogP contribution in [0.2, 0.25) is 0 Å². The molecule has 42 heavy (non-hydrogen) atoms. The fourth-order valence-electron chi connectivity index (χ4n) is 5.34. The summed E-state index contributed by atoms with van der Waals surface area (Å²) in [6, 6.07) is 62.6. The molecule has 6 rings (SSSR count). The third-order valence-corrected chi connectivity index (χ3v) is 16.5. The SMILES string of the molecule is [Cr]=[Si](c1ccccc1CP(c1ccccc1)c1ccccc1)c1ccccc1CP(c1ccccc1)c1ccccc1. The van der Waals surface area contributed by atoms with Crippen LogP contribution in [0, 0.1) is 0 Å². The standard InChI is InChI=1S/C38H32P2Si.Cr/c1-5-19-33(20-6-1)39(34-21-7-2-8-22-34)29-31-17-13-15-27-37(31)41-38-28-16-14-18-32(38)30-40(35-23-9-3-10-24-35)36-25-11-4-12-26-36;/h1-28H,29-30H2;. The first kappa shape index (κ1) is 29.0. The predicted molar refractivity (Wildman–Crippen MR) is 183 cm³/mol. The summed E-state index contributed by atoms with van der Waals surface area (Å²) >= 11 is 3.71. The molecule has 0 spiro atoms. The summed E-state index contributed by atoms with van der Waals surface area (Å²) in [6.07, 6.45) is 2.08. The Bertz CT molecular complexity index is 1530. The van der Waals surface area contributed by atoms with Crippen LogP contribution < -0.4 is 31.6 Å². The molecule has 0 atom stereocenters. The monoisotopic (exact) mass is 630 g/mol. The summed E-state index contributed by atoms with van der Waals surface area (Å²) in [6.45, 7) is -1.12. The van der Waals surface area contributed by atoms with Gasteiger partial charge in [0.2, 0.25) is 0 Å². The first-order valence-electron chi connectivity index (χ1n) is 14.2. The van der Waals surface area contributed by atoms with Gasteiger partial charge >= 0.3 is 263 Å². The third kappa shape index (κ3) is 6.93. The van der Waals surface area contributed by atoms with Gasteiger partial charge in [-0.1, -0.05) is 0 Å². The molecule has 0 unspecified atom stereocenters. The van der Waals surface area contributed by atoms with Crippen molar-refractivity contribution >= 4 is 54.3 Å². The molecular weight excluding hydrogens is 598 g/mol. The molecule has 204 valence electrons. The minimum atomic E-state index is -1.12. The van der Waals surface area contributed by atoms with E-state index >= 15 is 0 Å². The fourth-order valence-corrected chi connectivity index (χ4v) is 13.9. The van der Waals surface area contributed by atoms with Gasteiger partial charge in [0, 0.05) is 0 Å². The van der Waals surface area contributed by atoms with Gasteiger partial charge in [-0.3, -0.25) is 0 Å². The van der Waals surface area contributed by atoms with Crippen molar-refractivity contribution in [2.75, 3.05) is 0 Å². The number of hydrogen-bond donors (Lipinski definition) is 0. The van der Waals surface area contributed by atoms with E-state index in [0.29, 0.717) is 0 Å². The first-order valence-corrected chi connectivity index (χ1v) is 20.6. The van der Waals surface area contributed by atoms with Crippen molar-refractivity contribution in [2.24, 2.45) is 0 Å². The average Bonchev–Trinajstić information content (AvgIpc) is 3.08. The van der Waals surface area contributed by atoms with E-state index < -0.39 is 22.7 Å². The molecule has 0 radical (unpaired) electrons. The molecule has 0 heterocycles. The van der Waals surface area contributed by atoms with E-state index in [0.717, 1.165) is 12.3 Å².